The smallest absolute Gasteiger partial charge is 0.225 e. The van der Waals surface area contributed by atoms with Crippen LogP contribution in [-0.4, -0.2) is 19.9 Å². The first-order valence-corrected chi connectivity index (χ1v) is 5.04. The highest BCUT2D eigenvalue weighted by atomic mass is 35.5. The monoisotopic (exact) mass is 226 g/mol. The highest BCUT2D eigenvalue weighted by Crippen LogP contribution is 2.18. The molecule has 0 saturated carbocycles. The molecule has 2 heterocycles. The predicted molar refractivity (Wildman–Crippen MR) is 54.7 cm³/mol. The van der Waals surface area contributed by atoms with Gasteiger partial charge in [-0.1, -0.05) is 19.0 Å². The number of hydrogen-bond donors (Lipinski definition) is 0. The Kier molecular flexibility index (Phi) is 2.73. The number of hydrogen-bond acceptors (Lipinski definition) is 4. The topological polar surface area (TPSA) is 56.7 Å². The Morgan fingerprint density at radius 2 is 2.27 bits per heavy atom. The standard InChI is InChI=1S/C9H11ClN4O/c1-6(2)8-12-13-9(10)14(8)5-7-3-4-11-15-7/h3-4,6H,5H2,1-2H3. The number of rotatable bonds is 3. The van der Waals surface area contributed by atoms with Crippen molar-refractivity contribution in [1.29, 1.82) is 0 Å². The van der Waals surface area contributed by atoms with Gasteiger partial charge in [0.2, 0.25) is 5.28 Å². The van der Waals surface area contributed by atoms with E-state index in [-0.39, 0.29) is 5.92 Å². The largest absolute Gasteiger partial charge is 0.359 e. The van der Waals surface area contributed by atoms with E-state index in [1.165, 1.54) is 0 Å². The van der Waals surface area contributed by atoms with Crippen molar-refractivity contribution in [3.8, 4) is 0 Å². The maximum Gasteiger partial charge on any atom is 0.225 e. The number of halogens is 1. The average Bonchev–Trinajstić information content (AvgIpc) is 2.78. The Hall–Kier alpha value is -1.36. The van der Waals surface area contributed by atoms with E-state index in [9.17, 15) is 0 Å². The summed E-state index contributed by atoms with van der Waals surface area (Å²) in [7, 11) is 0. The molecule has 0 aliphatic carbocycles. The van der Waals surface area contributed by atoms with Crippen LogP contribution in [-0.2, 0) is 6.54 Å². The van der Waals surface area contributed by atoms with Crippen molar-refractivity contribution < 1.29 is 4.52 Å². The quantitative estimate of drug-likeness (QED) is 0.804. The first kappa shape index (κ1) is 10.2. The molecule has 0 bridgehead atoms. The lowest BCUT2D eigenvalue weighted by Crippen LogP contribution is -2.06. The van der Waals surface area contributed by atoms with E-state index in [1.54, 1.807) is 12.3 Å². The van der Waals surface area contributed by atoms with Crippen molar-refractivity contribution in [2.24, 2.45) is 0 Å². The molecule has 6 heteroatoms. The highest BCUT2D eigenvalue weighted by molar-refractivity contribution is 6.28. The Bertz CT molecular complexity index is 435. The summed E-state index contributed by atoms with van der Waals surface area (Å²) in [6.07, 6.45) is 1.60. The summed E-state index contributed by atoms with van der Waals surface area (Å²) >= 11 is 5.93. The zero-order valence-electron chi connectivity index (χ0n) is 8.51. The van der Waals surface area contributed by atoms with Crippen LogP contribution in [0.3, 0.4) is 0 Å². The lowest BCUT2D eigenvalue weighted by Gasteiger charge is -2.07. The van der Waals surface area contributed by atoms with Gasteiger partial charge >= 0.3 is 0 Å². The third-order valence-electron chi connectivity index (χ3n) is 2.06. The normalized spacial score (nSPS) is 11.2. The summed E-state index contributed by atoms with van der Waals surface area (Å²) in [5, 5.41) is 11.9. The van der Waals surface area contributed by atoms with Crippen molar-refractivity contribution in [1.82, 2.24) is 19.9 Å². The Morgan fingerprint density at radius 1 is 1.47 bits per heavy atom. The summed E-state index contributed by atoms with van der Waals surface area (Å²) in [5.41, 5.74) is 0. The fourth-order valence-corrected chi connectivity index (χ4v) is 1.53. The van der Waals surface area contributed by atoms with Crippen LogP contribution in [0, 0.1) is 0 Å². The van der Waals surface area contributed by atoms with E-state index in [4.69, 9.17) is 16.1 Å². The van der Waals surface area contributed by atoms with Gasteiger partial charge in [0.25, 0.3) is 0 Å². The maximum atomic E-state index is 5.93. The van der Waals surface area contributed by atoms with E-state index >= 15 is 0 Å². The van der Waals surface area contributed by atoms with Gasteiger partial charge in [0.1, 0.15) is 5.82 Å². The summed E-state index contributed by atoms with van der Waals surface area (Å²) in [4.78, 5) is 0. The maximum absolute atomic E-state index is 5.93. The molecular formula is C9H11ClN4O. The second-order valence-electron chi connectivity index (χ2n) is 3.55. The van der Waals surface area contributed by atoms with Crippen LogP contribution in [0.4, 0.5) is 0 Å². The molecule has 0 amide bonds. The van der Waals surface area contributed by atoms with Crippen molar-refractivity contribution in [2.45, 2.75) is 26.3 Å². The van der Waals surface area contributed by atoms with Crippen LogP contribution < -0.4 is 0 Å². The van der Waals surface area contributed by atoms with E-state index in [2.05, 4.69) is 15.4 Å². The Balaban J connectivity index is 2.31. The Morgan fingerprint density at radius 3 is 2.87 bits per heavy atom. The predicted octanol–water partition coefficient (Wildman–Crippen LogP) is 2.09. The van der Waals surface area contributed by atoms with Crippen LogP contribution in [0.5, 0.6) is 0 Å². The molecule has 2 aromatic rings. The first-order chi connectivity index (χ1) is 7.18. The van der Waals surface area contributed by atoms with Crippen molar-refractivity contribution in [2.75, 3.05) is 0 Å². The molecule has 0 aliphatic heterocycles. The van der Waals surface area contributed by atoms with Crippen LogP contribution in [0.1, 0.15) is 31.4 Å². The minimum atomic E-state index is 0.271. The molecule has 0 N–H and O–H groups in total. The molecule has 5 nitrogen and oxygen atoms in total. The molecule has 2 rings (SSSR count). The molecule has 0 spiro atoms. The molecule has 0 saturated heterocycles. The third kappa shape index (κ3) is 2.02. The van der Waals surface area contributed by atoms with Gasteiger partial charge in [0.15, 0.2) is 5.76 Å². The fourth-order valence-electron chi connectivity index (χ4n) is 1.35. The van der Waals surface area contributed by atoms with Gasteiger partial charge in [0, 0.05) is 12.0 Å². The van der Waals surface area contributed by atoms with Gasteiger partial charge in [-0.25, -0.2) is 0 Å². The minimum absolute atomic E-state index is 0.271. The van der Waals surface area contributed by atoms with Crippen LogP contribution in [0.25, 0.3) is 0 Å². The van der Waals surface area contributed by atoms with Gasteiger partial charge in [-0.15, -0.1) is 10.2 Å². The van der Waals surface area contributed by atoms with Crippen molar-refractivity contribution >= 4 is 11.6 Å². The van der Waals surface area contributed by atoms with Crippen LogP contribution in [0.2, 0.25) is 5.28 Å². The summed E-state index contributed by atoms with van der Waals surface area (Å²) in [5.74, 6) is 1.85. The molecule has 15 heavy (non-hydrogen) atoms. The number of aromatic nitrogens is 4. The molecule has 80 valence electrons. The van der Waals surface area contributed by atoms with Crippen molar-refractivity contribution in [3.05, 3.63) is 29.1 Å². The van der Waals surface area contributed by atoms with Crippen LogP contribution in [0.15, 0.2) is 16.8 Å². The molecule has 0 aromatic carbocycles. The lowest BCUT2D eigenvalue weighted by molar-refractivity contribution is 0.374. The molecule has 0 radical (unpaired) electrons. The van der Waals surface area contributed by atoms with Gasteiger partial charge in [-0.2, -0.15) is 0 Å². The molecule has 0 unspecified atom stereocenters. The second kappa shape index (κ2) is 4.02. The third-order valence-corrected chi connectivity index (χ3v) is 2.34. The van der Waals surface area contributed by atoms with Crippen LogP contribution >= 0.6 is 11.6 Å². The molecule has 0 atom stereocenters. The van der Waals surface area contributed by atoms with E-state index < -0.39 is 0 Å². The molecule has 0 aliphatic rings. The second-order valence-corrected chi connectivity index (χ2v) is 3.88. The fraction of sp³-hybridized carbons (Fsp3) is 0.444. The average molecular weight is 227 g/mol. The lowest BCUT2D eigenvalue weighted by atomic mass is 10.2. The number of nitrogens with zero attached hydrogens (tertiary/aromatic N) is 4. The highest BCUT2D eigenvalue weighted by Gasteiger charge is 2.14. The first-order valence-electron chi connectivity index (χ1n) is 4.66. The summed E-state index contributed by atoms with van der Waals surface area (Å²) in [6, 6.07) is 1.79. The zero-order chi connectivity index (χ0) is 10.8. The SMILES string of the molecule is CC(C)c1nnc(Cl)n1Cc1ccno1. The summed E-state index contributed by atoms with van der Waals surface area (Å²) in [6.45, 7) is 4.59. The van der Waals surface area contributed by atoms with E-state index in [1.807, 2.05) is 18.4 Å². The van der Waals surface area contributed by atoms with E-state index in [0.29, 0.717) is 11.8 Å². The zero-order valence-corrected chi connectivity index (χ0v) is 9.27. The molecule has 2 aromatic heterocycles. The van der Waals surface area contributed by atoms with Gasteiger partial charge in [-0.3, -0.25) is 4.57 Å². The molecular weight excluding hydrogens is 216 g/mol. The van der Waals surface area contributed by atoms with Gasteiger partial charge < -0.3 is 4.52 Å². The molecule has 0 fully saturated rings. The van der Waals surface area contributed by atoms with Crippen molar-refractivity contribution in [3.63, 3.8) is 0 Å². The Labute approximate surface area is 92.0 Å². The minimum Gasteiger partial charge on any atom is -0.359 e. The van der Waals surface area contributed by atoms with Gasteiger partial charge in [0.05, 0.1) is 12.7 Å². The van der Waals surface area contributed by atoms with Gasteiger partial charge in [-0.05, 0) is 11.6 Å². The summed E-state index contributed by atoms with van der Waals surface area (Å²) < 4.78 is 6.82. The van der Waals surface area contributed by atoms with E-state index in [0.717, 1.165) is 11.6 Å².